The third-order valence-corrected chi connectivity index (χ3v) is 5.23. The molecule has 0 aliphatic heterocycles. The normalized spacial score (nSPS) is 10.5. The molecule has 0 saturated heterocycles. The van der Waals surface area contributed by atoms with Gasteiger partial charge in [0.15, 0.2) is 13.6 Å². The highest BCUT2D eigenvalue weighted by molar-refractivity contribution is 9.10. The van der Waals surface area contributed by atoms with Crippen molar-refractivity contribution in [3.8, 4) is 22.6 Å². The van der Waals surface area contributed by atoms with Crippen LogP contribution in [0.4, 0.5) is 0 Å². The van der Waals surface area contributed by atoms with Gasteiger partial charge in [-0.1, -0.05) is 60.7 Å². The second kappa shape index (κ2) is 11.5. The lowest BCUT2D eigenvalue weighted by Gasteiger charge is -2.20. The van der Waals surface area contributed by atoms with Crippen molar-refractivity contribution in [2.45, 2.75) is 6.54 Å². The number of hydrogen-bond donors (Lipinski definition) is 1. The Morgan fingerprint density at radius 2 is 1.45 bits per heavy atom. The topological polar surface area (TPSA) is 66.0 Å². The molecule has 0 saturated carbocycles. The van der Waals surface area contributed by atoms with Gasteiger partial charge in [-0.3, -0.25) is 4.79 Å². The molecule has 1 amide bonds. The molecule has 31 heavy (non-hydrogen) atoms. The van der Waals surface area contributed by atoms with Gasteiger partial charge in [0.05, 0.1) is 10.0 Å². The summed E-state index contributed by atoms with van der Waals surface area (Å²) in [5.74, 6) is 0.629. The number of amides is 1. The molecule has 0 fully saturated rings. The van der Waals surface area contributed by atoms with Gasteiger partial charge < -0.3 is 24.3 Å². The van der Waals surface area contributed by atoms with Gasteiger partial charge in [-0.05, 0) is 27.1 Å². The van der Waals surface area contributed by atoms with Crippen molar-refractivity contribution in [3.63, 3.8) is 0 Å². The molecule has 0 aliphatic carbocycles. The number of carbonyl (C=O) groups excluding carboxylic acids is 1. The van der Waals surface area contributed by atoms with E-state index in [9.17, 15) is 4.79 Å². The molecule has 7 heteroatoms. The highest BCUT2D eigenvalue weighted by Crippen LogP contribution is 2.43. The van der Waals surface area contributed by atoms with Gasteiger partial charge in [0.2, 0.25) is 0 Å². The lowest BCUT2D eigenvalue weighted by molar-refractivity contribution is 0.0457. The van der Waals surface area contributed by atoms with Crippen LogP contribution in [0.25, 0.3) is 11.1 Å². The Morgan fingerprint density at radius 3 is 2.06 bits per heavy atom. The minimum absolute atomic E-state index is 0.0241. The number of halogens is 1. The molecule has 1 N–H and O–H groups in total. The fourth-order valence-electron chi connectivity index (χ4n) is 3.05. The Morgan fingerprint density at radius 1 is 0.871 bits per heavy atom. The zero-order chi connectivity index (χ0) is 22.1. The standard InChI is InChI=1S/C24H24BrNO5/c1-28-15-30-19-13-20(31-16-29-2)23(25)22(21(19)18-11-7-4-8-12-18)24(27)26-14-17-9-5-3-6-10-17/h3-13H,14-16H2,1-2H3,(H,26,27). The molecule has 0 unspecified atom stereocenters. The number of benzene rings is 3. The third-order valence-electron chi connectivity index (χ3n) is 4.44. The molecule has 3 rings (SSSR count). The van der Waals surface area contributed by atoms with Crippen molar-refractivity contribution in [2.24, 2.45) is 0 Å². The monoisotopic (exact) mass is 485 g/mol. The second-order valence-corrected chi connectivity index (χ2v) is 7.37. The highest BCUT2D eigenvalue weighted by atomic mass is 79.9. The second-order valence-electron chi connectivity index (χ2n) is 6.57. The first kappa shape index (κ1) is 22.8. The number of ether oxygens (including phenoxy) is 4. The molecule has 0 atom stereocenters. The molecule has 162 valence electrons. The summed E-state index contributed by atoms with van der Waals surface area (Å²) in [6.45, 7) is 0.437. The quantitative estimate of drug-likeness (QED) is 0.408. The van der Waals surface area contributed by atoms with Gasteiger partial charge in [0, 0.05) is 32.4 Å². The first-order valence-electron chi connectivity index (χ1n) is 9.63. The van der Waals surface area contributed by atoms with Crippen molar-refractivity contribution in [1.82, 2.24) is 5.32 Å². The molecular weight excluding hydrogens is 462 g/mol. The SMILES string of the molecule is COCOc1cc(OCOC)c(-c2ccccc2)c(C(=O)NCc2ccccc2)c1Br. The summed E-state index contributed by atoms with van der Waals surface area (Å²) in [5.41, 5.74) is 2.87. The van der Waals surface area contributed by atoms with Crippen LogP contribution in [0.15, 0.2) is 71.2 Å². The molecule has 0 radical (unpaired) electrons. The van der Waals surface area contributed by atoms with E-state index in [0.29, 0.717) is 33.6 Å². The first-order valence-corrected chi connectivity index (χ1v) is 10.4. The number of rotatable bonds is 10. The molecule has 3 aromatic rings. The molecule has 0 aromatic heterocycles. The first-order chi connectivity index (χ1) is 15.2. The van der Waals surface area contributed by atoms with E-state index in [2.05, 4.69) is 21.2 Å². The predicted octanol–water partition coefficient (Wildman–Crippen LogP) is 5.01. The van der Waals surface area contributed by atoms with E-state index >= 15 is 0 Å². The summed E-state index contributed by atoms with van der Waals surface area (Å²) in [5, 5.41) is 2.99. The number of nitrogens with one attached hydrogen (secondary N) is 1. The fraction of sp³-hybridized carbons (Fsp3) is 0.208. The van der Waals surface area contributed by atoms with Crippen LogP contribution in [-0.4, -0.2) is 33.7 Å². The molecule has 0 heterocycles. The Kier molecular flexibility index (Phi) is 8.46. The largest absolute Gasteiger partial charge is 0.467 e. The molecule has 0 aliphatic rings. The summed E-state index contributed by atoms with van der Waals surface area (Å²) < 4.78 is 22.1. The maximum absolute atomic E-state index is 13.4. The van der Waals surface area contributed by atoms with E-state index in [1.807, 2.05) is 60.7 Å². The van der Waals surface area contributed by atoms with Gasteiger partial charge in [-0.15, -0.1) is 0 Å². The Hall–Kier alpha value is -2.87. The van der Waals surface area contributed by atoms with Crippen LogP contribution < -0.4 is 14.8 Å². The van der Waals surface area contributed by atoms with Crippen molar-refractivity contribution >= 4 is 21.8 Å². The van der Waals surface area contributed by atoms with E-state index in [1.165, 1.54) is 14.2 Å². The zero-order valence-electron chi connectivity index (χ0n) is 17.4. The van der Waals surface area contributed by atoms with Crippen LogP contribution in [-0.2, 0) is 16.0 Å². The van der Waals surface area contributed by atoms with Gasteiger partial charge in [0.1, 0.15) is 11.5 Å². The van der Waals surface area contributed by atoms with Crippen LogP contribution in [0.1, 0.15) is 15.9 Å². The summed E-state index contributed by atoms with van der Waals surface area (Å²) in [4.78, 5) is 13.4. The van der Waals surface area contributed by atoms with Crippen molar-refractivity contribution < 1.29 is 23.7 Å². The minimum Gasteiger partial charge on any atom is -0.467 e. The third kappa shape index (κ3) is 5.85. The maximum Gasteiger partial charge on any atom is 0.253 e. The van der Waals surface area contributed by atoms with Crippen molar-refractivity contribution in [2.75, 3.05) is 27.8 Å². The average molecular weight is 486 g/mol. The highest BCUT2D eigenvalue weighted by Gasteiger charge is 2.25. The van der Waals surface area contributed by atoms with Gasteiger partial charge in [-0.25, -0.2) is 0 Å². The van der Waals surface area contributed by atoms with E-state index in [1.54, 1.807) is 6.07 Å². The number of carbonyl (C=O) groups is 1. The summed E-state index contributed by atoms with van der Waals surface area (Å²) in [7, 11) is 3.07. The van der Waals surface area contributed by atoms with Gasteiger partial charge >= 0.3 is 0 Å². The van der Waals surface area contributed by atoms with Crippen molar-refractivity contribution in [1.29, 1.82) is 0 Å². The lowest BCUT2D eigenvalue weighted by atomic mass is 9.97. The van der Waals surface area contributed by atoms with Crippen LogP contribution in [0, 0.1) is 0 Å². The van der Waals surface area contributed by atoms with Crippen LogP contribution in [0.2, 0.25) is 0 Å². The molecular formula is C24H24BrNO5. The Balaban J connectivity index is 2.08. The van der Waals surface area contributed by atoms with Crippen LogP contribution in [0.3, 0.4) is 0 Å². The Labute approximate surface area is 190 Å². The minimum atomic E-state index is -0.264. The van der Waals surface area contributed by atoms with Gasteiger partial charge in [-0.2, -0.15) is 0 Å². The fourth-order valence-corrected chi connectivity index (χ4v) is 3.65. The van der Waals surface area contributed by atoms with E-state index < -0.39 is 0 Å². The summed E-state index contributed by atoms with van der Waals surface area (Å²) >= 11 is 3.56. The van der Waals surface area contributed by atoms with Crippen LogP contribution >= 0.6 is 15.9 Å². The van der Waals surface area contributed by atoms with Crippen LogP contribution in [0.5, 0.6) is 11.5 Å². The van der Waals surface area contributed by atoms with E-state index in [4.69, 9.17) is 18.9 Å². The number of methoxy groups -OCH3 is 2. The summed E-state index contributed by atoms with van der Waals surface area (Å²) in [6.07, 6.45) is 0. The van der Waals surface area contributed by atoms with Gasteiger partial charge in [0.25, 0.3) is 5.91 Å². The van der Waals surface area contributed by atoms with Crippen molar-refractivity contribution in [3.05, 3.63) is 82.3 Å². The maximum atomic E-state index is 13.4. The zero-order valence-corrected chi connectivity index (χ0v) is 19.0. The predicted molar refractivity (Wildman–Crippen MR) is 122 cm³/mol. The number of hydrogen-bond acceptors (Lipinski definition) is 5. The lowest BCUT2D eigenvalue weighted by Crippen LogP contribution is -2.24. The molecule has 3 aromatic carbocycles. The summed E-state index contributed by atoms with van der Waals surface area (Å²) in [6, 6.07) is 21.0. The average Bonchev–Trinajstić information content (AvgIpc) is 2.81. The molecule has 0 spiro atoms. The molecule has 6 nitrogen and oxygen atoms in total. The Bertz CT molecular complexity index is 996. The van der Waals surface area contributed by atoms with E-state index in [-0.39, 0.29) is 19.5 Å². The smallest absolute Gasteiger partial charge is 0.253 e. The van der Waals surface area contributed by atoms with E-state index in [0.717, 1.165) is 11.1 Å². The molecule has 0 bridgehead atoms.